The van der Waals surface area contributed by atoms with Crippen molar-refractivity contribution in [3.8, 4) is 5.88 Å². The van der Waals surface area contributed by atoms with Crippen LogP contribution in [0.5, 0.6) is 5.88 Å². The molecule has 0 radical (unpaired) electrons. The van der Waals surface area contributed by atoms with Gasteiger partial charge < -0.3 is 9.84 Å². The van der Waals surface area contributed by atoms with Crippen molar-refractivity contribution in [2.75, 3.05) is 6.61 Å². The number of carbonyl (C=O) groups is 1. The molecular formula is C9H11NO3. The zero-order valence-electron chi connectivity index (χ0n) is 7.36. The van der Waals surface area contributed by atoms with Gasteiger partial charge in [0.1, 0.15) is 0 Å². The molecule has 0 fully saturated rings. The fourth-order valence-electron chi connectivity index (χ4n) is 0.923. The molecule has 1 aromatic rings. The van der Waals surface area contributed by atoms with Crippen LogP contribution in [0, 0.1) is 0 Å². The lowest BCUT2D eigenvalue weighted by Crippen LogP contribution is -2.01. The third-order valence-electron chi connectivity index (χ3n) is 1.45. The summed E-state index contributed by atoms with van der Waals surface area (Å²) in [4.78, 5) is 14.3. The zero-order chi connectivity index (χ0) is 9.68. The molecule has 1 heterocycles. The molecule has 0 aromatic carbocycles. The quantitative estimate of drug-likeness (QED) is 0.755. The topological polar surface area (TPSA) is 59.4 Å². The van der Waals surface area contributed by atoms with Gasteiger partial charge in [0, 0.05) is 12.3 Å². The van der Waals surface area contributed by atoms with Gasteiger partial charge in [-0.05, 0) is 12.5 Å². The summed E-state index contributed by atoms with van der Waals surface area (Å²) >= 11 is 0. The van der Waals surface area contributed by atoms with E-state index in [1.807, 2.05) is 6.92 Å². The Bertz CT molecular complexity index is 281. The van der Waals surface area contributed by atoms with E-state index in [-0.39, 0.29) is 6.42 Å². The largest absolute Gasteiger partial charge is 0.481 e. The van der Waals surface area contributed by atoms with Gasteiger partial charge in [0.2, 0.25) is 5.88 Å². The Morgan fingerprint density at radius 1 is 1.62 bits per heavy atom. The summed E-state index contributed by atoms with van der Waals surface area (Å²) in [5.74, 6) is -0.331. The van der Waals surface area contributed by atoms with Crippen molar-refractivity contribution in [1.29, 1.82) is 0 Å². The van der Waals surface area contributed by atoms with E-state index in [4.69, 9.17) is 9.84 Å². The first-order valence-corrected chi connectivity index (χ1v) is 4.02. The highest BCUT2D eigenvalue weighted by molar-refractivity contribution is 5.69. The number of aromatic nitrogens is 1. The number of carboxylic acids is 1. The maximum atomic E-state index is 10.3. The number of aliphatic carboxylic acids is 1. The monoisotopic (exact) mass is 181 g/mol. The van der Waals surface area contributed by atoms with E-state index >= 15 is 0 Å². The minimum Gasteiger partial charge on any atom is -0.481 e. The van der Waals surface area contributed by atoms with Crippen molar-refractivity contribution in [3.63, 3.8) is 0 Å². The molecule has 1 N–H and O–H groups in total. The van der Waals surface area contributed by atoms with Crippen molar-refractivity contribution >= 4 is 5.97 Å². The van der Waals surface area contributed by atoms with Crippen LogP contribution in [0.2, 0.25) is 0 Å². The van der Waals surface area contributed by atoms with E-state index in [1.54, 1.807) is 12.1 Å². The van der Waals surface area contributed by atoms with E-state index in [1.165, 1.54) is 6.20 Å². The second kappa shape index (κ2) is 4.45. The van der Waals surface area contributed by atoms with Gasteiger partial charge in [0.25, 0.3) is 0 Å². The second-order valence-electron chi connectivity index (χ2n) is 2.51. The number of ether oxygens (including phenoxy) is 1. The highest BCUT2D eigenvalue weighted by atomic mass is 16.5. The van der Waals surface area contributed by atoms with Gasteiger partial charge in [-0.25, -0.2) is 4.98 Å². The van der Waals surface area contributed by atoms with Gasteiger partial charge in [-0.3, -0.25) is 4.79 Å². The van der Waals surface area contributed by atoms with Crippen LogP contribution in [0.25, 0.3) is 0 Å². The fraction of sp³-hybridized carbons (Fsp3) is 0.333. The molecule has 4 nitrogen and oxygen atoms in total. The summed E-state index contributed by atoms with van der Waals surface area (Å²) in [6.07, 6.45) is 1.51. The van der Waals surface area contributed by atoms with Gasteiger partial charge >= 0.3 is 5.97 Å². The molecule has 0 saturated carbocycles. The number of hydrogen-bond donors (Lipinski definition) is 1. The molecule has 13 heavy (non-hydrogen) atoms. The van der Waals surface area contributed by atoms with Crippen molar-refractivity contribution < 1.29 is 14.6 Å². The standard InChI is InChI=1S/C9H11NO3/c1-2-13-8-4-3-7(6-10-8)5-9(11)12/h3-4,6H,2,5H2,1H3,(H,11,12). The normalized spacial score (nSPS) is 9.62. The van der Waals surface area contributed by atoms with Crippen LogP contribution < -0.4 is 4.74 Å². The molecular weight excluding hydrogens is 170 g/mol. The Morgan fingerprint density at radius 3 is 2.85 bits per heavy atom. The van der Waals surface area contributed by atoms with E-state index in [0.29, 0.717) is 18.1 Å². The molecule has 1 aromatic heterocycles. The Morgan fingerprint density at radius 2 is 2.38 bits per heavy atom. The molecule has 0 aliphatic rings. The molecule has 0 amide bonds. The van der Waals surface area contributed by atoms with Crippen molar-refractivity contribution in [1.82, 2.24) is 4.98 Å². The predicted molar refractivity (Wildman–Crippen MR) is 46.7 cm³/mol. The Labute approximate surface area is 76.2 Å². The van der Waals surface area contributed by atoms with E-state index in [0.717, 1.165) is 0 Å². The molecule has 4 heteroatoms. The average molecular weight is 181 g/mol. The summed E-state index contributed by atoms with van der Waals surface area (Å²) < 4.78 is 5.11. The average Bonchev–Trinajstić information content (AvgIpc) is 2.08. The SMILES string of the molecule is CCOc1ccc(CC(=O)O)cn1. The van der Waals surface area contributed by atoms with Gasteiger partial charge in [-0.1, -0.05) is 6.07 Å². The van der Waals surface area contributed by atoms with E-state index < -0.39 is 5.97 Å². The molecule has 0 atom stereocenters. The van der Waals surface area contributed by atoms with Crippen molar-refractivity contribution in [2.45, 2.75) is 13.3 Å². The fourth-order valence-corrected chi connectivity index (χ4v) is 0.923. The summed E-state index contributed by atoms with van der Waals surface area (Å²) in [6, 6.07) is 3.37. The van der Waals surface area contributed by atoms with Crippen LogP contribution in [-0.2, 0) is 11.2 Å². The number of pyridine rings is 1. The molecule has 70 valence electrons. The molecule has 0 aliphatic heterocycles. The highest BCUT2D eigenvalue weighted by Gasteiger charge is 2.00. The second-order valence-corrected chi connectivity index (χ2v) is 2.51. The lowest BCUT2D eigenvalue weighted by Gasteiger charge is -2.01. The van der Waals surface area contributed by atoms with Gasteiger partial charge in [0.05, 0.1) is 13.0 Å². The van der Waals surface area contributed by atoms with E-state index in [2.05, 4.69) is 4.98 Å². The van der Waals surface area contributed by atoms with Crippen LogP contribution in [0.3, 0.4) is 0 Å². The molecule has 0 spiro atoms. The van der Waals surface area contributed by atoms with Crippen LogP contribution >= 0.6 is 0 Å². The lowest BCUT2D eigenvalue weighted by molar-refractivity contribution is -0.136. The van der Waals surface area contributed by atoms with Crippen LogP contribution in [-0.4, -0.2) is 22.7 Å². The lowest BCUT2D eigenvalue weighted by atomic mass is 10.2. The van der Waals surface area contributed by atoms with Gasteiger partial charge in [0.15, 0.2) is 0 Å². The first-order valence-electron chi connectivity index (χ1n) is 4.02. The number of rotatable bonds is 4. The maximum absolute atomic E-state index is 10.3. The minimum atomic E-state index is -0.856. The molecule has 0 bridgehead atoms. The minimum absolute atomic E-state index is 0.000590. The summed E-state index contributed by atoms with van der Waals surface area (Å²) in [5, 5.41) is 8.48. The number of nitrogens with zero attached hydrogens (tertiary/aromatic N) is 1. The Balaban J connectivity index is 2.64. The third-order valence-corrected chi connectivity index (χ3v) is 1.45. The predicted octanol–water partition coefficient (Wildman–Crippen LogP) is 1.11. The molecule has 0 aliphatic carbocycles. The summed E-state index contributed by atoms with van der Waals surface area (Å²) in [7, 11) is 0. The van der Waals surface area contributed by atoms with Crippen molar-refractivity contribution in [2.24, 2.45) is 0 Å². The molecule has 1 rings (SSSR count). The summed E-state index contributed by atoms with van der Waals surface area (Å²) in [5.41, 5.74) is 0.677. The number of carboxylic acid groups (broad SMARTS) is 1. The van der Waals surface area contributed by atoms with Gasteiger partial charge in [-0.2, -0.15) is 0 Å². The Kier molecular flexibility index (Phi) is 3.25. The first kappa shape index (κ1) is 9.51. The Hall–Kier alpha value is -1.58. The number of hydrogen-bond acceptors (Lipinski definition) is 3. The molecule has 0 unspecified atom stereocenters. The van der Waals surface area contributed by atoms with Crippen molar-refractivity contribution in [3.05, 3.63) is 23.9 Å². The highest BCUT2D eigenvalue weighted by Crippen LogP contribution is 2.07. The first-order chi connectivity index (χ1) is 6.22. The van der Waals surface area contributed by atoms with Crippen LogP contribution in [0.4, 0.5) is 0 Å². The third kappa shape index (κ3) is 3.11. The maximum Gasteiger partial charge on any atom is 0.307 e. The van der Waals surface area contributed by atoms with E-state index in [9.17, 15) is 4.79 Å². The smallest absolute Gasteiger partial charge is 0.307 e. The molecule has 0 saturated heterocycles. The van der Waals surface area contributed by atoms with Crippen LogP contribution in [0.1, 0.15) is 12.5 Å². The zero-order valence-corrected chi connectivity index (χ0v) is 7.36. The van der Waals surface area contributed by atoms with Gasteiger partial charge in [-0.15, -0.1) is 0 Å². The van der Waals surface area contributed by atoms with Crippen LogP contribution in [0.15, 0.2) is 18.3 Å². The summed E-state index contributed by atoms with van der Waals surface area (Å²) in [6.45, 7) is 2.43.